The van der Waals surface area contributed by atoms with E-state index in [1.54, 1.807) is 0 Å². The molecule has 2 aromatic carbocycles. The van der Waals surface area contributed by atoms with Crippen LogP contribution >= 0.6 is 0 Å². The van der Waals surface area contributed by atoms with Crippen molar-refractivity contribution in [2.75, 3.05) is 18.0 Å². The van der Waals surface area contributed by atoms with Gasteiger partial charge in [0, 0.05) is 24.8 Å². The Hall–Kier alpha value is -2.49. The van der Waals surface area contributed by atoms with Crippen molar-refractivity contribution in [2.24, 2.45) is 0 Å². The minimum Gasteiger partial charge on any atom is -0.445 e. The zero-order valence-electron chi connectivity index (χ0n) is 13.2. The van der Waals surface area contributed by atoms with Gasteiger partial charge in [-0.3, -0.25) is 0 Å². The summed E-state index contributed by atoms with van der Waals surface area (Å²) in [6.07, 6.45) is 1.55. The molecule has 1 amide bonds. The van der Waals surface area contributed by atoms with Gasteiger partial charge in [0.25, 0.3) is 0 Å². The Kier molecular flexibility index (Phi) is 5.14. The van der Waals surface area contributed by atoms with E-state index < -0.39 is 0 Å². The van der Waals surface area contributed by atoms with Crippen molar-refractivity contribution in [3.05, 3.63) is 66.2 Å². The number of carbonyl (C=O) groups is 1. The van der Waals surface area contributed by atoms with E-state index in [0.717, 1.165) is 31.5 Å². The van der Waals surface area contributed by atoms with E-state index in [4.69, 9.17) is 4.74 Å². The molecular weight excluding hydrogens is 288 g/mol. The number of hydrogen-bond donors (Lipinski definition) is 1. The number of alkyl carbamates (subject to hydrolysis) is 1. The molecule has 23 heavy (non-hydrogen) atoms. The summed E-state index contributed by atoms with van der Waals surface area (Å²) in [6, 6.07) is 20.3. The third-order valence-corrected chi connectivity index (χ3v) is 4.15. The van der Waals surface area contributed by atoms with E-state index in [2.05, 4.69) is 34.5 Å². The third kappa shape index (κ3) is 4.49. The standard InChI is InChI=1S/C19H22N2O2/c22-19(23-15-16-7-3-1-4-8-16)20-17-11-13-21(14-12-17)18-9-5-2-6-10-18/h1-10,17H,11-15H2,(H,20,22). The molecule has 0 aliphatic carbocycles. The van der Waals surface area contributed by atoms with E-state index in [1.165, 1.54) is 5.69 Å². The highest BCUT2D eigenvalue weighted by Crippen LogP contribution is 2.19. The molecule has 2 aromatic rings. The number of para-hydroxylation sites is 1. The van der Waals surface area contributed by atoms with Crippen molar-refractivity contribution in [2.45, 2.75) is 25.5 Å². The summed E-state index contributed by atoms with van der Waals surface area (Å²) in [4.78, 5) is 14.2. The average Bonchev–Trinajstić information content (AvgIpc) is 2.62. The van der Waals surface area contributed by atoms with E-state index in [0.29, 0.717) is 6.61 Å². The molecule has 1 heterocycles. The lowest BCUT2D eigenvalue weighted by Crippen LogP contribution is -2.44. The maximum absolute atomic E-state index is 11.9. The highest BCUT2D eigenvalue weighted by Gasteiger charge is 2.21. The molecule has 4 heteroatoms. The maximum atomic E-state index is 11.9. The van der Waals surface area contributed by atoms with Crippen LogP contribution in [-0.4, -0.2) is 25.2 Å². The number of rotatable bonds is 4. The Morgan fingerprint density at radius 3 is 2.26 bits per heavy atom. The van der Waals surface area contributed by atoms with Crippen molar-refractivity contribution < 1.29 is 9.53 Å². The SMILES string of the molecule is O=C(NC1CCN(c2ccccc2)CC1)OCc1ccccc1. The molecule has 0 unspecified atom stereocenters. The fourth-order valence-corrected chi connectivity index (χ4v) is 2.85. The molecule has 0 bridgehead atoms. The molecule has 4 nitrogen and oxygen atoms in total. The smallest absolute Gasteiger partial charge is 0.407 e. The molecule has 0 spiro atoms. The monoisotopic (exact) mass is 310 g/mol. The molecule has 0 saturated carbocycles. The molecule has 1 fully saturated rings. The summed E-state index contributed by atoms with van der Waals surface area (Å²) in [5.74, 6) is 0. The number of carbonyl (C=O) groups excluding carboxylic acids is 1. The second kappa shape index (κ2) is 7.68. The zero-order chi connectivity index (χ0) is 15.9. The van der Waals surface area contributed by atoms with Gasteiger partial charge in [-0.1, -0.05) is 48.5 Å². The molecule has 1 N–H and O–H groups in total. The van der Waals surface area contributed by atoms with Crippen LogP contribution in [-0.2, 0) is 11.3 Å². The number of piperidine rings is 1. The highest BCUT2D eigenvalue weighted by molar-refractivity contribution is 5.67. The summed E-state index contributed by atoms with van der Waals surface area (Å²) in [5.41, 5.74) is 2.25. The molecular formula is C19H22N2O2. The molecule has 3 rings (SSSR count). The number of anilines is 1. The summed E-state index contributed by atoms with van der Waals surface area (Å²) in [7, 11) is 0. The quantitative estimate of drug-likeness (QED) is 0.938. The number of hydrogen-bond acceptors (Lipinski definition) is 3. The molecule has 1 aliphatic heterocycles. The van der Waals surface area contributed by atoms with Crippen LogP contribution < -0.4 is 10.2 Å². The zero-order valence-corrected chi connectivity index (χ0v) is 13.2. The number of amides is 1. The topological polar surface area (TPSA) is 41.6 Å². The Bertz CT molecular complexity index is 608. The van der Waals surface area contributed by atoms with Crippen LogP contribution in [0.2, 0.25) is 0 Å². The van der Waals surface area contributed by atoms with Crippen LogP contribution in [0.25, 0.3) is 0 Å². The molecule has 120 valence electrons. The highest BCUT2D eigenvalue weighted by atomic mass is 16.5. The first-order chi connectivity index (χ1) is 11.3. The van der Waals surface area contributed by atoms with E-state index in [-0.39, 0.29) is 12.1 Å². The molecule has 0 atom stereocenters. The van der Waals surface area contributed by atoms with E-state index in [9.17, 15) is 4.79 Å². The fourth-order valence-electron chi connectivity index (χ4n) is 2.85. The van der Waals surface area contributed by atoms with Gasteiger partial charge in [-0.15, -0.1) is 0 Å². The maximum Gasteiger partial charge on any atom is 0.407 e. The van der Waals surface area contributed by atoms with E-state index >= 15 is 0 Å². The average molecular weight is 310 g/mol. The van der Waals surface area contributed by atoms with Crippen molar-refractivity contribution in [1.29, 1.82) is 0 Å². The minimum atomic E-state index is -0.327. The van der Waals surface area contributed by atoms with Crippen molar-refractivity contribution in [3.63, 3.8) is 0 Å². The van der Waals surface area contributed by atoms with Crippen LogP contribution in [0.4, 0.5) is 10.5 Å². The van der Waals surface area contributed by atoms with Crippen LogP contribution in [0.15, 0.2) is 60.7 Å². The Balaban J connectivity index is 1.41. The summed E-state index contributed by atoms with van der Waals surface area (Å²) >= 11 is 0. The lowest BCUT2D eigenvalue weighted by Gasteiger charge is -2.33. The van der Waals surface area contributed by atoms with Gasteiger partial charge in [-0.2, -0.15) is 0 Å². The predicted molar refractivity (Wildman–Crippen MR) is 91.4 cm³/mol. The summed E-state index contributed by atoms with van der Waals surface area (Å²) in [5, 5.41) is 2.97. The van der Waals surface area contributed by atoms with Gasteiger partial charge in [-0.25, -0.2) is 4.79 Å². The van der Waals surface area contributed by atoms with Gasteiger partial charge in [0.15, 0.2) is 0 Å². The van der Waals surface area contributed by atoms with Crippen molar-refractivity contribution in [3.8, 4) is 0 Å². The van der Waals surface area contributed by atoms with Gasteiger partial charge < -0.3 is 15.0 Å². The molecule has 0 aromatic heterocycles. The fraction of sp³-hybridized carbons (Fsp3) is 0.316. The Labute approximate surface area is 137 Å². The Morgan fingerprint density at radius 2 is 1.61 bits per heavy atom. The number of nitrogens with zero attached hydrogens (tertiary/aromatic N) is 1. The molecule has 0 radical (unpaired) electrons. The van der Waals surface area contributed by atoms with Crippen LogP contribution in [0.5, 0.6) is 0 Å². The number of nitrogens with one attached hydrogen (secondary N) is 1. The van der Waals surface area contributed by atoms with Crippen LogP contribution in [0, 0.1) is 0 Å². The van der Waals surface area contributed by atoms with Crippen molar-refractivity contribution >= 4 is 11.8 Å². The van der Waals surface area contributed by atoms with Crippen LogP contribution in [0.1, 0.15) is 18.4 Å². The van der Waals surface area contributed by atoms with Gasteiger partial charge in [0.1, 0.15) is 6.61 Å². The van der Waals surface area contributed by atoms with Gasteiger partial charge in [0.05, 0.1) is 0 Å². The van der Waals surface area contributed by atoms with Crippen molar-refractivity contribution in [1.82, 2.24) is 5.32 Å². The molecule has 1 aliphatic rings. The number of ether oxygens (including phenoxy) is 1. The first kappa shape index (κ1) is 15.4. The third-order valence-electron chi connectivity index (χ3n) is 4.15. The minimum absolute atomic E-state index is 0.193. The second-order valence-corrected chi connectivity index (χ2v) is 5.80. The largest absolute Gasteiger partial charge is 0.445 e. The summed E-state index contributed by atoms with van der Waals surface area (Å²) < 4.78 is 5.28. The predicted octanol–water partition coefficient (Wildman–Crippen LogP) is 3.58. The normalized spacial score (nSPS) is 15.2. The molecule has 1 saturated heterocycles. The lowest BCUT2D eigenvalue weighted by molar-refractivity contribution is 0.134. The lowest BCUT2D eigenvalue weighted by atomic mass is 10.0. The second-order valence-electron chi connectivity index (χ2n) is 5.80. The van der Waals surface area contributed by atoms with Crippen LogP contribution in [0.3, 0.4) is 0 Å². The van der Waals surface area contributed by atoms with E-state index in [1.807, 2.05) is 36.4 Å². The Morgan fingerprint density at radius 1 is 1.00 bits per heavy atom. The first-order valence-electron chi connectivity index (χ1n) is 8.08. The number of benzene rings is 2. The first-order valence-corrected chi connectivity index (χ1v) is 8.08. The van der Waals surface area contributed by atoms with Gasteiger partial charge >= 0.3 is 6.09 Å². The van der Waals surface area contributed by atoms with Gasteiger partial charge in [-0.05, 0) is 30.5 Å². The summed E-state index contributed by atoms with van der Waals surface area (Å²) in [6.45, 7) is 2.22. The van der Waals surface area contributed by atoms with Gasteiger partial charge in [0.2, 0.25) is 0 Å².